The van der Waals surface area contributed by atoms with E-state index in [1.807, 2.05) is 0 Å². The molecule has 0 saturated heterocycles. The standard InChI is InChI=1S/C20H16F4N2O2S/c1-28-18-8-7-14(9-15(18)21)17(27)11-29-19-25-10-16(13-5-3-2-4-6-13)26(19)12-20(22,23)24/h2-10H,11-12H2,1H3. The molecule has 29 heavy (non-hydrogen) atoms. The molecular formula is C20H16F4N2O2S. The fourth-order valence-electron chi connectivity index (χ4n) is 2.70. The smallest absolute Gasteiger partial charge is 0.406 e. The molecule has 0 aliphatic heterocycles. The zero-order valence-electron chi connectivity index (χ0n) is 15.2. The number of aromatic nitrogens is 2. The molecule has 9 heteroatoms. The predicted molar refractivity (Wildman–Crippen MR) is 102 cm³/mol. The van der Waals surface area contributed by atoms with Gasteiger partial charge in [0, 0.05) is 5.56 Å². The maximum absolute atomic E-state index is 13.8. The van der Waals surface area contributed by atoms with E-state index in [0.29, 0.717) is 11.3 Å². The van der Waals surface area contributed by atoms with Crippen molar-refractivity contribution in [3.05, 3.63) is 66.1 Å². The first-order valence-corrected chi connectivity index (χ1v) is 9.44. The van der Waals surface area contributed by atoms with Crippen LogP contribution in [0.2, 0.25) is 0 Å². The Bertz CT molecular complexity index is 1000. The van der Waals surface area contributed by atoms with E-state index >= 15 is 0 Å². The van der Waals surface area contributed by atoms with Gasteiger partial charge in [0.2, 0.25) is 0 Å². The van der Waals surface area contributed by atoms with Crippen LogP contribution in [0.1, 0.15) is 10.4 Å². The van der Waals surface area contributed by atoms with Crippen LogP contribution in [0.3, 0.4) is 0 Å². The van der Waals surface area contributed by atoms with Gasteiger partial charge in [-0.3, -0.25) is 4.79 Å². The maximum Gasteiger partial charge on any atom is 0.406 e. The fourth-order valence-corrected chi connectivity index (χ4v) is 3.57. The Morgan fingerprint density at radius 3 is 2.52 bits per heavy atom. The average molecular weight is 424 g/mol. The number of hydrogen-bond acceptors (Lipinski definition) is 4. The summed E-state index contributed by atoms with van der Waals surface area (Å²) in [5, 5.41) is 0.0588. The van der Waals surface area contributed by atoms with Gasteiger partial charge in [0.25, 0.3) is 0 Å². The molecule has 0 atom stereocenters. The van der Waals surface area contributed by atoms with E-state index in [-0.39, 0.29) is 22.2 Å². The number of nitrogens with zero attached hydrogens (tertiary/aromatic N) is 2. The fraction of sp³-hybridized carbons (Fsp3) is 0.200. The van der Waals surface area contributed by atoms with Crippen LogP contribution >= 0.6 is 11.8 Å². The van der Waals surface area contributed by atoms with Crippen LogP contribution in [-0.4, -0.2) is 34.4 Å². The summed E-state index contributed by atoms with van der Waals surface area (Å²) in [5.74, 6) is -1.30. The molecule has 0 fully saturated rings. The molecule has 3 aromatic rings. The van der Waals surface area contributed by atoms with Crippen molar-refractivity contribution in [1.29, 1.82) is 0 Å². The molecule has 1 heterocycles. The third kappa shape index (κ3) is 5.17. The summed E-state index contributed by atoms with van der Waals surface area (Å²) in [7, 11) is 1.31. The molecule has 0 amide bonds. The molecule has 0 bridgehead atoms. The lowest BCUT2D eigenvalue weighted by Gasteiger charge is -2.14. The van der Waals surface area contributed by atoms with Gasteiger partial charge < -0.3 is 9.30 Å². The number of alkyl halides is 3. The lowest BCUT2D eigenvalue weighted by atomic mass is 10.1. The number of hydrogen-bond donors (Lipinski definition) is 0. The summed E-state index contributed by atoms with van der Waals surface area (Å²) >= 11 is 0.871. The minimum atomic E-state index is -4.46. The second kappa shape index (κ2) is 8.69. The molecule has 0 radical (unpaired) electrons. The van der Waals surface area contributed by atoms with Gasteiger partial charge in [-0.05, 0) is 23.8 Å². The summed E-state index contributed by atoms with van der Waals surface area (Å²) in [6, 6.07) is 12.3. The molecule has 0 unspecified atom stereocenters. The van der Waals surface area contributed by atoms with Crippen LogP contribution in [0.15, 0.2) is 59.9 Å². The highest BCUT2D eigenvalue weighted by molar-refractivity contribution is 7.99. The van der Waals surface area contributed by atoms with E-state index in [1.54, 1.807) is 30.3 Å². The lowest BCUT2D eigenvalue weighted by molar-refractivity contribution is -0.141. The van der Waals surface area contributed by atoms with E-state index in [4.69, 9.17) is 4.74 Å². The van der Waals surface area contributed by atoms with Crippen molar-refractivity contribution < 1.29 is 27.1 Å². The predicted octanol–water partition coefficient (Wildman–Crippen LogP) is 5.24. The normalized spacial score (nSPS) is 11.5. The average Bonchev–Trinajstić information content (AvgIpc) is 3.07. The summed E-state index contributed by atoms with van der Waals surface area (Å²) in [5.41, 5.74) is 0.987. The van der Waals surface area contributed by atoms with E-state index in [9.17, 15) is 22.4 Å². The first-order chi connectivity index (χ1) is 13.8. The number of rotatable bonds is 7. The molecule has 0 saturated carbocycles. The third-order valence-corrected chi connectivity index (χ3v) is 5.02. The number of methoxy groups -OCH3 is 1. The minimum absolute atomic E-state index is 0.00225. The number of carbonyl (C=O) groups is 1. The van der Waals surface area contributed by atoms with Gasteiger partial charge in [0.15, 0.2) is 22.5 Å². The Labute approximate surface area is 168 Å². The topological polar surface area (TPSA) is 44.1 Å². The number of Topliss-reactive ketones (excluding diaryl/α,β-unsaturated/α-hetero) is 1. The van der Waals surface area contributed by atoms with Crippen molar-refractivity contribution in [1.82, 2.24) is 9.55 Å². The molecule has 4 nitrogen and oxygen atoms in total. The molecule has 0 aliphatic rings. The molecule has 0 aliphatic carbocycles. The molecule has 2 aromatic carbocycles. The Kier molecular flexibility index (Phi) is 6.26. The molecule has 0 N–H and O–H groups in total. The maximum atomic E-state index is 13.8. The van der Waals surface area contributed by atoms with Crippen molar-refractivity contribution in [3.8, 4) is 17.0 Å². The lowest BCUT2D eigenvalue weighted by Crippen LogP contribution is -2.19. The van der Waals surface area contributed by atoms with Crippen molar-refractivity contribution in [2.45, 2.75) is 17.9 Å². The SMILES string of the molecule is COc1ccc(C(=O)CSc2ncc(-c3ccccc3)n2CC(F)(F)F)cc1F. The van der Waals surface area contributed by atoms with Crippen molar-refractivity contribution in [2.24, 2.45) is 0 Å². The Balaban J connectivity index is 1.82. The number of imidazole rings is 1. The van der Waals surface area contributed by atoms with Crippen LogP contribution in [0, 0.1) is 5.82 Å². The Morgan fingerprint density at radius 1 is 1.17 bits per heavy atom. The number of ether oxygens (including phenoxy) is 1. The number of benzene rings is 2. The number of thioether (sulfide) groups is 1. The molecular weight excluding hydrogens is 408 g/mol. The van der Waals surface area contributed by atoms with Crippen LogP contribution in [-0.2, 0) is 6.54 Å². The molecule has 3 rings (SSSR count). The highest BCUT2D eigenvalue weighted by atomic mass is 32.2. The van der Waals surface area contributed by atoms with Gasteiger partial charge in [-0.15, -0.1) is 0 Å². The monoisotopic (exact) mass is 424 g/mol. The van der Waals surface area contributed by atoms with Gasteiger partial charge in [-0.2, -0.15) is 13.2 Å². The highest BCUT2D eigenvalue weighted by Gasteiger charge is 2.31. The Morgan fingerprint density at radius 2 is 1.90 bits per heavy atom. The molecule has 152 valence electrons. The number of ketones is 1. The zero-order valence-corrected chi connectivity index (χ0v) is 16.1. The van der Waals surface area contributed by atoms with Gasteiger partial charge in [0.1, 0.15) is 6.54 Å². The summed E-state index contributed by atoms with van der Waals surface area (Å²) in [4.78, 5) is 16.4. The van der Waals surface area contributed by atoms with Gasteiger partial charge in [-0.25, -0.2) is 9.37 Å². The molecule has 0 spiro atoms. The summed E-state index contributed by atoms with van der Waals surface area (Å²) in [6.45, 7) is -1.23. The number of halogens is 4. The van der Waals surface area contributed by atoms with E-state index in [2.05, 4.69) is 4.98 Å². The van der Waals surface area contributed by atoms with Gasteiger partial charge >= 0.3 is 6.18 Å². The second-order valence-electron chi connectivity index (χ2n) is 6.05. The van der Waals surface area contributed by atoms with Crippen LogP contribution < -0.4 is 4.74 Å². The van der Waals surface area contributed by atoms with E-state index < -0.39 is 24.3 Å². The van der Waals surface area contributed by atoms with Crippen LogP contribution in [0.4, 0.5) is 17.6 Å². The van der Waals surface area contributed by atoms with Crippen molar-refractivity contribution >= 4 is 17.5 Å². The van der Waals surface area contributed by atoms with E-state index in [0.717, 1.165) is 22.4 Å². The second-order valence-corrected chi connectivity index (χ2v) is 7.00. The van der Waals surface area contributed by atoms with Crippen molar-refractivity contribution in [2.75, 3.05) is 12.9 Å². The molecule has 1 aromatic heterocycles. The van der Waals surface area contributed by atoms with Crippen LogP contribution in [0.25, 0.3) is 11.3 Å². The van der Waals surface area contributed by atoms with Crippen LogP contribution in [0.5, 0.6) is 5.75 Å². The Hall–Kier alpha value is -2.81. The third-order valence-electron chi connectivity index (χ3n) is 4.03. The first kappa shape index (κ1) is 20.9. The van der Waals surface area contributed by atoms with Gasteiger partial charge in [0.05, 0.1) is 24.8 Å². The van der Waals surface area contributed by atoms with Crippen molar-refractivity contribution in [3.63, 3.8) is 0 Å². The summed E-state index contributed by atoms with van der Waals surface area (Å²) in [6.07, 6.45) is -3.11. The summed E-state index contributed by atoms with van der Waals surface area (Å²) < 4.78 is 58.9. The highest BCUT2D eigenvalue weighted by Crippen LogP contribution is 2.30. The number of carbonyl (C=O) groups excluding carboxylic acids is 1. The zero-order chi connectivity index (χ0) is 21.0. The first-order valence-electron chi connectivity index (χ1n) is 8.45. The quantitative estimate of drug-likeness (QED) is 0.296. The van der Waals surface area contributed by atoms with Gasteiger partial charge in [-0.1, -0.05) is 42.1 Å². The van der Waals surface area contributed by atoms with E-state index in [1.165, 1.54) is 25.4 Å². The largest absolute Gasteiger partial charge is 0.494 e. The minimum Gasteiger partial charge on any atom is -0.494 e.